The maximum atomic E-state index is 12.0. The first-order chi connectivity index (χ1) is 14.5. The standard InChI is InChI=1S/C23H35N5O2.HI/c1-16-8-5-6-9-18(16)27-23(26-15-21(29)28(2)3)24-13-12-17-14-25-19-10-7-11-20(30-4)22(17)19;/h7,10-11,14,16,18,25H,5-6,8-9,12-13,15H2,1-4H3,(H2,24,26,27);1H. The molecule has 1 saturated carbocycles. The third-order valence-corrected chi connectivity index (χ3v) is 5.96. The van der Waals surface area contributed by atoms with Crippen LogP contribution in [0.5, 0.6) is 5.75 Å². The molecule has 1 heterocycles. The Morgan fingerprint density at radius 1 is 1.29 bits per heavy atom. The highest BCUT2D eigenvalue weighted by atomic mass is 127. The first-order valence-electron chi connectivity index (χ1n) is 10.9. The topological polar surface area (TPSA) is 81.7 Å². The van der Waals surface area contributed by atoms with Gasteiger partial charge in [-0.05, 0) is 42.9 Å². The van der Waals surface area contributed by atoms with Gasteiger partial charge in [-0.25, -0.2) is 4.99 Å². The molecule has 2 unspecified atom stereocenters. The van der Waals surface area contributed by atoms with Gasteiger partial charge in [-0.15, -0.1) is 24.0 Å². The van der Waals surface area contributed by atoms with E-state index in [1.807, 2.05) is 18.3 Å². The van der Waals surface area contributed by atoms with Crippen LogP contribution in [-0.4, -0.2) is 62.1 Å². The number of carbonyl (C=O) groups is 1. The number of carbonyl (C=O) groups excluding carboxylic acids is 1. The lowest BCUT2D eigenvalue weighted by Gasteiger charge is -2.31. The first kappa shape index (κ1) is 25.3. The molecule has 3 rings (SSSR count). The molecule has 0 bridgehead atoms. The summed E-state index contributed by atoms with van der Waals surface area (Å²) >= 11 is 0. The summed E-state index contributed by atoms with van der Waals surface area (Å²) < 4.78 is 5.53. The Bertz CT molecular complexity index is 880. The van der Waals surface area contributed by atoms with Crippen LogP contribution in [0.15, 0.2) is 29.4 Å². The Labute approximate surface area is 202 Å². The molecule has 31 heavy (non-hydrogen) atoms. The minimum atomic E-state index is -0.00541. The maximum absolute atomic E-state index is 12.0. The number of hydrogen-bond acceptors (Lipinski definition) is 3. The molecule has 0 spiro atoms. The second-order valence-electron chi connectivity index (χ2n) is 8.34. The molecule has 2 atom stereocenters. The van der Waals surface area contributed by atoms with E-state index in [0.29, 0.717) is 18.5 Å². The number of methoxy groups -OCH3 is 1. The highest BCUT2D eigenvalue weighted by molar-refractivity contribution is 14.0. The number of H-pyrrole nitrogens is 1. The summed E-state index contributed by atoms with van der Waals surface area (Å²) in [7, 11) is 5.21. The number of aromatic amines is 1. The number of ether oxygens (including phenoxy) is 1. The summed E-state index contributed by atoms with van der Waals surface area (Å²) in [6, 6.07) is 6.42. The molecular formula is C23H36IN5O2. The van der Waals surface area contributed by atoms with Crippen molar-refractivity contribution in [3.8, 4) is 5.75 Å². The smallest absolute Gasteiger partial charge is 0.243 e. The van der Waals surface area contributed by atoms with E-state index < -0.39 is 0 Å². The van der Waals surface area contributed by atoms with Gasteiger partial charge in [0.25, 0.3) is 0 Å². The van der Waals surface area contributed by atoms with Gasteiger partial charge in [0, 0.05) is 43.8 Å². The van der Waals surface area contributed by atoms with Gasteiger partial charge in [0.2, 0.25) is 5.91 Å². The van der Waals surface area contributed by atoms with Crippen LogP contribution in [0.2, 0.25) is 0 Å². The molecule has 3 N–H and O–H groups in total. The summed E-state index contributed by atoms with van der Waals surface area (Å²) in [5.74, 6) is 2.20. The lowest BCUT2D eigenvalue weighted by molar-refractivity contribution is -0.127. The Morgan fingerprint density at radius 3 is 2.77 bits per heavy atom. The van der Waals surface area contributed by atoms with Crippen molar-refractivity contribution >= 4 is 46.7 Å². The summed E-state index contributed by atoms with van der Waals surface area (Å²) in [6.45, 7) is 3.15. The summed E-state index contributed by atoms with van der Waals surface area (Å²) in [5, 5.41) is 8.13. The van der Waals surface area contributed by atoms with Crippen LogP contribution in [0, 0.1) is 5.92 Å². The Kier molecular flexibility index (Phi) is 9.93. The zero-order chi connectivity index (χ0) is 21.5. The van der Waals surface area contributed by atoms with E-state index in [4.69, 9.17) is 4.74 Å². The number of hydrogen-bond donors (Lipinski definition) is 3. The summed E-state index contributed by atoms with van der Waals surface area (Å²) in [5.41, 5.74) is 2.27. The zero-order valence-corrected chi connectivity index (χ0v) is 21.4. The molecule has 1 aliphatic rings. The van der Waals surface area contributed by atoms with Crippen molar-refractivity contribution in [2.75, 3.05) is 34.3 Å². The van der Waals surface area contributed by atoms with Gasteiger partial charge in [0.1, 0.15) is 12.3 Å². The SMILES string of the molecule is COc1cccc2[nH]cc(CCNC(=NCC(=O)N(C)C)NC3CCCCC3C)c12.I. The Balaban J connectivity index is 0.00000341. The molecule has 1 aliphatic carbocycles. The second-order valence-corrected chi connectivity index (χ2v) is 8.34. The quantitative estimate of drug-likeness (QED) is 0.285. The van der Waals surface area contributed by atoms with Crippen LogP contribution >= 0.6 is 24.0 Å². The van der Waals surface area contributed by atoms with Crippen LogP contribution in [0.25, 0.3) is 10.9 Å². The maximum Gasteiger partial charge on any atom is 0.243 e. The van der Waals surface area contributed by atoms with Crippen LogP contribution in [0.3, 0.4) is 0 Å². The highest BCUT2D eigenvalue weighted by Gasteiger charge is 2.22. The Hall–Kier alpha value is -1.97. The minimum absolute atomic E-state index is 0. The number of aliphatic imine (C=N–C) groups is 1. The van der Waals surface area contributed by atoms with Crippen LogP contribution in [0.1, 0.15) is 38.2 Å². The molecule has 0 aliphatic heterocycles. The van der Waals surface area contributed by atoms with Crippen molar-refractivity contribution in [1.82, 2.24) is 20.5 Å². The fourth-order valence-electron chi connectivity index (χ4n) is 4.05. The molecule has 1 aromatic carbocycles. The van der Waals surface area contributed by atoms with Gasteiger partial charge in [-0.1, -0.05) is 25.8 Å². The molecular weight excluding hydrogens is 505 g/mol. The molecule has 0 radical (unpaired) electrons. The zero-order valence-electron chi connectivity index (χ0n) is 19.0. The molecule has 0 saturated heterocycles. The van der Waals surface area contributed by atoms with Crippen LogP contribution in [0.4, 0.5) is 0 Å². The van der Waals surface area contributed by atoms with Gasteiger partial charge in [0.15, 0.2) is 5.96 Å². The highest BCUT2D eigenvalue weighted by Crippen LogP contribution is 2.28. The molecule has 2 aromatic rings. The fourth-order valence-corrected chi connectivity index (χ4v) is 4.05. The molecule has 7 nitrogen and oxygen atoms in total. The summed E-state index contributed by atoms with van der Waals surface area (Å²) in [6.07, 6.45) is 7.77. The monoisotopic (exact) mass is 541 g/mol. The van der Waals surface area contributed by atoms with Crippen LogP contribution < -0.4 is 15.4 Å². The van der Waals surface area contributed by atoms with E-state index in [9.17, 15) is 4.79 Å². The van der Waals surface area contributed by atoms with Crippen molar-refractivity contribution in [3.05, 3.63) is 30.0 Å². The number of benzene rings is 1. The number of fused-ring (bicyclic) bond motifs is 1. The van der Waals surface area contributed by atoms with E-state index in [2.05, 4.69) is 33.6 Å². The number of nitrogens with one attached hydrogen (secondary N) is 3. The number of rotatable bonds is 7. The van der Waals surface area contributed by atoms with Crippen LogP contribution in [-0.2, 0) is 11.2 Å². The van der Waals surface area contributed by atoms with E-state index in [1.54, 1.807) is 26.1 Å². The summed E-state index contributed by atoms with van der Waals surface area (Å²) in [4.78, 5) is 21.5. The number of likely N-dealkylation sites (N-methyl/N-ethyl adjacent to an activating group) is 1. The molecule has 1 fully saturated rings. The molecule has 8 heteroatoms. The number of aromatic nitrogens is 1. The van der Waals surface area contributed by atoms with Crippen molar-refractivity contribution < 1.29 is 9.53 Å². The van der Waals surface area contributed by atoms with Gasteiger partial charge >= 0.3 is 0 Å². The molecule has 172 valence electrons. The molecule has 1 amide bonds. The van der Waals surface area contributed by atoms with Crippen molar-refractivity contribution in [3.63, 3.8) is 0 Å². The average molecular weight is 541 g/mol. The molecule has 1 aromatic heterocycles. The van der Waals surface area contributed by atoms with Gasteiger partial charge in [-0.3, -0.25) is 4.79 Å². The normalized spacial score (nSPS) is 18.9. The van der Waals surface area contributed by atoms with Gasteiger partial charge in [0.05, 0.1) is 7.11 Å². The third kappa shape index (κ3) is 6.75. The van der Waals surface area contributed by atoms with Crippen molar-refractivity contribution in [2.45, 2.75) is 45.1 Å². The fraction of sp³-hybridized carbons (Fsp3) is 0.565. The predicted molar refractivity (Wildman–Crippen MR) is 138 cm³/mol. The van der Waals surface area contributed by atoms with Crippen molar-refractivity contribution in [1.29, 1.82) is 0 Å². The number of amides is 1. The van der Waals surface area contributed by atoms with E-state index in [1.165, 1.54) is 24.8 Å². The van der Waals surface area contributed by atoms with E-state index >= 15 is 0 Å². The lowest BCUT2D eigenvalue weighted by Crippen LogP contribution is -2.48. The van der Waals surface area contributed by atoms with Gasteiger partial charge in [-0.2, -0.15) is 0 Å². The predicted octanol–water partition coefficient (Wildman–Crippen LogP) is 3.54. The average Bonchev–Trinajstić information content (AvgIpc) is 3.16. The van der Waals surface area contributed by atoms with E-state index in [0.717, 1.165) is 35.5 Å². The number of nitrogens with zero attached hydrogens (tertiary/aromatic N) is 2. The van der Waals surface area contributed by atoms with Crippen molar-refractivity contribution in [2.24, 2.45) is 10.9 Å². The minimum Gasteiger partial charge on any atom is -0.496 e. The number of halogens is 1. The second kappa shape index (κ2) is 12.2. The largest absolute Gasteiger partial charge is 0.496 e. The first-order valence-corrected chi connectivity index (χ1v) is 10.9. The lowest BCUT2D eigenvalue weighted by atomic mass is 9.86. The third-order valence-electron chi connectivity index (χ3n) is 5.96. The number of guanidine groups is 1. The Morgan fingerprint density at radius 2 is 2.06 bits per heavy atom. The van der Waals surface area contributed by atoms with E-state index in [-0.39, 0.29) is 36.4 Å². The van der Waals surface area contributed by atoms with Gasteiger partial charge < -0.3 is 25.3 Å².